The summed E-state index contributed by atoms with van der Waals surface area (Å²) in [5.41, 5.74) is 0. The molecule has 0 saturated heterocycles. The van der Waals surface area contributed by atoms with E-state index in [0.717, 1.165) is 22.6 Å². The van der Waals surface area contributed by atoms with Gasteiger partial charge in [-0.2, -0.15) is 0 Å². The summed E-state index contributed by atoms with van der Waals surface area (Å²) in [7, 11) is 0. The van der Waals surface area contributed by atoms with E-state index in [9.17, 15) is 0 Å². The number of halogens is 1. The normalized spacial score (nSPS) is 10.4. The molecular formula is C11H12BrN3O. The molecule has 0 amide bonds. The van der Waals surface area contributed by atoms with E-state index in [1.807, 2.05) is 12.1 Å². The van der Waals surface area contributed by atoms with Gasteiger partial charge in [0.2, 0.25) is 0 Å². The van der Waals surface area contributed by atoms with Crippen LogP contribution in [-0.2, 0) is 6.54 Å². The molecule has 0 radical (unpaired) electrons. The summed E-state index contributed by atoms with van der Waals surface area (Å²) in [5, 5.41) is 0. The quantitative estimate of drug-likeness (QED) is 0.864. The summed E-state index contributed by atoms with van der Waals surface area (Å²) in [4.78, 5) is 10.3. The number of furan rings is 1. The summed E-state index contributed by atoms with van der Waals surface area (Å²) >= 11 is 3.44. The van der Waals surface area contributed by atoms with Gasteiger partial charge in [0, 0.05) is 12.7 Å². The van der Waals surface area contributed by atoms with E-state index in [-0.39, 0.29) is 0 Å². The van der Waals surface area contributed by atoms with Gasteiger partial charge in [-0.25, -0.2) is 9.97 Å². The summed E-state index contributed by atoms with van der Waals surface area (Å²) in [5.74, 6) is 1.81. The Morgan fingerprint density at radius 3 is 3.00 bits per heavy atom. The Morgan fingerprint density at radius 1 is 1.50 bits per heavy atom. The molecule has 4 nitrogen and oxygen atoms in total. The summed E-state index contributed by atoms with van der Waals surface area (Å²) in [6.45, 7) is 3.65. The SMILES string of the molecule is CCN(Cc1ccco1)c1ncncc1Br. The minimum atomic E-state index is 0.707. The molecule has 16 heavy (non-hydrogen) atoms. The van der Waals surface area contributed by atoms with Crippen LogP contribution >= 0.6 is 15.9 Å². The Morgan fingerprint density at radius 2 is 2.38 bits per heavy atom. The smallest absolute Gasteiger partial charge is 0.146 e. The van der Waals surface area contributed by atoms with E-state index in [4.69, 9.17) is 4.42 Å². The molecule has 0 aliphatic heterocycles. The molecule has 2 heterocycles. The molecule has 2 aromatic heterocycles. The average molecular weight is 282 g/mol. The maximum atomic E-state index is 5.33. The van der Waals surface area contributed by atoms with Crippen LogP contribution in [0.3, 0.4) is 0 Å². The van der Waals surface area contributed by atoms with Gasteiger partial charge in [-0.1, -0.05) is 0 Å². The summed E-state index contributed by atoms with van der Waals surface area (Å²) in [6, 6.07) is 3.84. The van der Waals surface area contributed by atoms with Gasteiger partial charge in [0.05, 0.1) is 17.3 Å². The van der Waals surface area contributed by atoms with Gasteiger partial charge >= 0.3 is 0 Å². The van der Waals surface area contributed by atoms with Crippen molar-refractivity contribution in [2.45, 2.75) is 13.5 Å². The zero-order chi connectivity index (χ0) is 11.4. The monoisotopic (exact) mass is 281 g/mol. The van der Waals surface area contributed by atoms with Gasteiger partial charge in [-0.05, 0) is 35.0 Å². The van der Waals surface area contributed by atoms with Crippen LogP contribution in [0.15, 0.2) is 39.8 Å². The summed E-state index contributed by atoms with van der Waals surface area (Å²) < 4.78 is 6.22. The standard InChI is InChI=1S/C11H12BrN3O/c1-2-15(7-9-4-3-5-16-9)11-10(12)6-13-8-14-11/h3-6,8H,2,7H2,1H3. The largest absolute Gasteiger partial charge is 0.467 e. The number of hydrogen-bond donors (Lipinski definition) is 0. The Bertz CT molecular complexity index is 444. The molecule has 0 N–H and O–H groups in total. The lowest BCUT2D eigenvalue weighted by Gasteiger charge is -2.21. The van der Waals surface area contributed by atoms with Crippen LogP contribution in [-0.4, -0.2) is 16.5 Å². The van der Waals surface area contributed by atoms with Crippen molar-refractivity contribution in [3.8, 4) is 0 Å². The second kappa shape index (κ2) is 5.12. The average Bonchev–Trinajstić information content (AvgIpc) is 2.80. The highest BCUT2D eigenvalue weighted by atomic mass is 79.9. The molecule has 0 aliphatic rings. The molecule has 0 saturated carbocycles. The highest BCUT2D eigenvalue weighted by Gasteiger charge is 2.11. The topological polar surface area (TPSA) is 42.2 Å². The minimum absolute atomic E-state index is 0.707. The van der Waals surface area contributed by atoms with E-state index >= 15 is 0 Å². The highest BCUT2D eigenvalue weighted by molar-refractivity contribution is 9.10. The van der Waals surface area contributed by atoms with E-state index in [2.05, 4.69) is 37.7 Å². The van der Waals surface area contributed by atoms with E-state index in [1.165, 1.54) is 0 Å². The second-order valence-corrected chi connectivity index (χ2v) is 4.14. The molecule has 5 heteroatoms. The molecular weight excluding hydrogens is 270 g/mol. The lowest BCUT2D eigenvalue weighted by molar-refractivity contribution is 0.502. The van der Waals surface area contributed by atoms with Crippen LogP contribution < -0.4 is 4.90 Å². The van der Waals surface area contributed by atoms with Gasteiger partial charge in [-0.15, -0.1) is 0 Å². The lowest BCUT2D eigenvalue weighted by atomic mass is 10.4. The van der Waals surface area contributed by atoms with Crippen molar-refractivity contribution in [1.82, 2.24) is 9.97 Å². The van der Waals surface area contributed by atoms with Crippen LogP contribution in [0.4, 0.5) is 5.82 Å². The van der Waals surface area contributed by atoms with E-state index < -0.39 is 0 Å². The van der Waals surface area contributed by atoms with Crippen LogP contribution in [0.1, 0.15) is 12.7 Å². The van der Waals surface area contributed by atoms with Gasteiger partial charge in [0.25, 0.3) is 0 Å². The maximum absolute atomic E-state index is 5.33. The molecule has 0 unspecified atom stereocenters. The number of nitrogens with zero attached hydrogens (tertiary/aromatic N) is 3. The van der Waals surface area contributed by atoms with Crippen molar-refractivity contribution in [2.24, 2.45) is 0 Å². The first-order valence-electron chi connectivity index (χ1n) is 5.04. The molecule has 0 fully saturated rings. The Hall–Kier alpha value is -1.36. The molecule has 0 aliphatic carbocycles. The van der Waals surface area contributed by atoms with Crippen molar-refractivity contribution in [1.29, 1.82) is 0 Å². The maximum Gasteiger partial charge on any atom is 0.146 e. The molecule has 0 bridgehead atoms. The van der Waals surface area contributed by atoms with E-state index in [1.54, 1.807) is 18.8 Å². The third-order valence-corrected chi connectivity index (χ3v) is 2.82. The van der Waals surface area contributed by atoms with Crippen molar-refractivity contribution >= 4 is 21.7 Å². The third-order valence-electron chi connectivity index (χ3n) is 2.26. The summed E-state index contributed by atoms with van der Waals surface area (Å²) in [6.07, 6.45) is 4.97. The van der Waals surface area contributed by atoms with Gasteiger partial charge in [0.15, 0.2) is 0 Å². The van der Waals surface area contributed by atoms with Gasteiger partial charge in [-0.3, -0.25) is 0 Å². The Balaban J connectivity index is 2.20. The first kappa shape index (κ1) is 11.1. The number of anilines is 1. The third kappa shape index (κ3) is 2.41. The van der Waals surface area contributed by atoms with Crippen LogP contribution in [0.5, 0.6) is 0 Å². The van der Waals surface area contributed by atoms with Crippen LogP contribution in [0.2, 0.25) is 0 Å². The first-order chi connectivity index (χ1) is 7.81. The minimum Gasteiger partial charge on any atom is -0.467 e. The molecule has 0 aromatic carbocycles. The van der Waals surface area contributed by atoms with Gasteiger partial charge in [0.1, 0.15) is 17.9 Å². The van der Waals surface area contributed by atoms with E-state index in [0.29, 0.717) is 6.54 Å². The fourth-order valence-electron chi connectivity index (χ4n) is 1.47. The van der Waals surface area contributed by atoms with Crippen LogP contribution in [0, 0.1) is 0 Å². The Labute approximate surface area is 102 Å². The molecule has 0 atom stereocenters. The zero-order valence-corrected chi connectivity index (χ0v) is 10.5. The predicted molar refractivity (Wildman–Crippen MR) is 65.2 cm³/mol. The second-order valence-electron chi connectivity index (χ2n) is 3.29. The first-order valence-corrected chi connectivity index (χ1v) is 5.83. The zero-order valence-electron chi connectivity index (χ0n) is 8.93. The molecule has 2 aromatic rings. The Kier molecular flexibility index (Phi) is 3.56. The number of hydrogen-bond acceptors (Lipinski definition) is 4. The highest BCUT2D eigenvalue weighted by Crippen LogP contribution is 2.23. The molecule has 84 valence electrons. The van der Waals surface area contributed by atoms with Crippen molar-refractivity contribution in [3.63, 3.8) is 0 Å². The van der Waals surface area contributed by atoms with Crippen LogP contribution in [0.25, 0.3) is 0 Å². The van der Waals surface area contributed by atoms with Gasteiger partial charge < -0.3 is 9.32 Å². The van der Waals surface area contributed by atoms with Crippen molar-refractivity contribution in [2.75, 3.05) is 11.4 Å². The fourth-order valence-corrected chi connectivity index (χ4v) is 1.94. The molecule has 0 spiro atoms. The lowest BCUT2D eigenvalue weighted by Crippen LogP contribution is -2.23. The number of aromatic nitrogens is 2. The van der Waals surface area contributed by atoms with Crippen molar-refractivity contribution < 1.29 is 4.42 Å². The van der Waals surface area contributed by atoms with Crippen molar-refractivity contribution in [3.05, 3.63) is 41.2 Å². The fraction of sp³-hybridized carbons (Fsp3) is 0.273. The molecule has 2 rings (SSSR count). The number of rotatable bonds is 4. The predicted octanol–water partition coefficient (Wildman–Crippen LogP) is 2.86.